The molecule has 0 aliphatic heterocycles. The number of para-hydroxylation sites is 4. The van der Waals surface area contributed by atoms with Gasteiger partial charge in [0.15, 0.2) is 0 Å². The van der Waals surface area contributed by atoms with Crippen molar-refractivity contribution < 1.29 is 5.11 Å². The molecule has 5 nitrogen and oxygen atoms in total. The van der Waals surface area contributed by atoms with Crippen LogP contribution in [0.3, 0.4) is 0 Å². The molecule has 0 bridgehead atoms. The Bertz CT molecular complexity index is 2810. The van der Waals surface area contributed by atoms with Crippen LogP contribution in [0.2, 0.25) is 0 Å². The highest BCUT2D eigenvalue weighted by atomic mass is 16.3. The number of phenols is 1. The Morgan fingerprint density at radius 3 is 1.61 bits per heavy atom. The first kappa shape index (κ1) is 28.2. The molecule has 0 radical (unpaired) electrons. The van der Waals surface area contributed by atoms with Gasteiger partial charge in [0.1, 0.15) is 11.8 Å². The number of nitriles is 2. The lowest BCUT2D eigenvalue weighted by Gasteiger charge is -2.16. The summed E-state index contributed by atoms with van der Waals surface area (Å²) in [5.74, 6) is 0.0521. The van der Waals surface area contributed by atoms with Gasteiger partial charge in [-0.25, -0.2) is 0 Å². The Labute approximate surface area is 282 Å². The molecule has 0 aliphatic carbocycles. The second kappa shape index (κ2) is 11.0. The van der Waals surface area contributed by atoms with Crippen LogP contribution in [0.4, 0.5) is 0 Å². The van der Waals surface area contributed by atoms with Crippen molar-refractivity contribution in [3.8, 4) is 51.5 Å². The predicted molar refractivity (Wildman–Crippen MR) is 197 cm³/mol. The Balaban J connectivity index is 1.20. The normalized spacial score (nSPS) is 11.3. The van der Waals surface area contributed by atoms with E-state index in [1.807, 2.05) is 97.1 Å². The topological polar surface area (TPSA) is 77.7 Å². The predicted octanol–water partition coefficient (Wildman–Crippen LogP) is 10.7. The fourth-order valence-electron chi connectivity index (χ4n) is 7.39. The van der Waals surface area contributed by atoms with Crippen LogP contribution in [0.5, 0.6) is 5.75 Å². The minimum atomic E-state index is 0.0521. The third kappa shape index (κ3) is 4.24. The van der Waals surface area contributed by atoms with Gasteiger partial charge >= 0.3 is 0 Å². The van der Waals surface area contributed by atoms with Crippen LogP contribution in [0, 0.1) is 22.7 Å². The largest absolute Gasteiger partial charge is 0.507 e. The summed E-state index contributed by atoms with van der Waals surface area (Å²) in [6, 6.07) is 55.0. The zero-order valence-corrected chi connectivity index (χ0v) is 26.2. The molecule has 0 spiro atoms. The van der Waals surface area contributed by atoms with Gasteiger partial charge in [-0.1, -0.05) is 97.1 Å². The molecular weight excluding hydrogens is 601 g/mol. The first-order chi connectivity index (χ1) is 24.2. The van der Waals surface area contributed by atoms with E-state index in [0.29, 0.717) is 22.4 Å². The fourth-order valence-corrected chi connectivity index (χ4v) is 7.39. The Morgan fingerprint density at radius 1 is 0.449 bits per heavy atom. The molecule has 5 heteroatoms. The van der Waals surface area contributed by atoms with Crippen LogP contribution in [-0.2, 0) is 0 Å². The molecule has 49 heavy (non-hydrogen) atoms. The van der Waals surface area contributed by atoms with Crippen molar-refractivity contribution in [3.05, 3.63) is 163 Å². The average Bonchev–Trinajstić information content (AvgIpc) is 3.67. The average molecular weight is 627 g/mol. The number of aromatic hydroxyl groups is 1. The lowest BCUT2D eigenvalue weighted by molar-refractivity contribution is 0.477. The maximum atomic E-state index is 11.2. The monoisotopic (exact) mass is 626 g/mol. The minimum Gasteiger partial charge on any atom is -0.507 e. The zero-order valence-electron chi connectivity index (χ0n) is 26.2. The molecule has 1 N–H and O–H groups in total. The highest BCUT2D eigenvalue weighted by Gasteiger charge is 2.21. The van der Waals surface area contributed by atoms with Crippen molar-refractivity contribution in [2.24, 2.45) is 0 Å². The van der Waals surface area contributed by atoms with Crippen LogP contribution in [0.1, 0.15) is 11.1 Å². The minimum absolute atomic E-state index is 0.0521. The summed E-state index contributed by atoms with van der Waals surface area (Å²) in [5.41, 5.74) is 10.1. The molecule has 0 unspecified atom stereocenters. The standard InChI is InChI=1S/C44H26N4O/c45-26-28-17-22-41-35(25-28)34-12-4-8-16-40(34)47(41)37-13-5-1-9-31(37)29-18-20-30(21-19-29)44-36(27-46)42(23-24-43(44)49)48-38-14-6-2-10-32(38)33-11-3-7-15-39(33)48/h1-25,49H. The van der Waals surface area contributed by atoms with Crippen molar-refractivity contribution in [1.82, 2.24) is 9.13 Å². The fraction of sp³-hybridized carbons (Fsp3) is 0. The second-order valence-electron chi connectivity index (χ2n) is 12.1. The van der Waals surface area contributed by atoms with E-state index in [9.17, 15) is 15.6 Å². The van der Waals surface area contributed by atoms with Crippen molar-refractivity contribution >= 4 is 43.6 Å². The summed E-state index contributed by atoms with van der Waals surface area (Å²) in [5, 5.41) is 35.8. The quantitative estimate of drug-likeness (QED) is 0.211. The van der Waals surface area contributed by atoms with Crippen LogP contribution in [0.15, 0.2) is 152 Å². The van der Waals surface area contributed by atoms with Crippen molar-refractivity contribution in [3.63, 3.8) is 0 Å². The molecule has 9 rings (SSSR count). The third-order valence-electron chi connectivity index (χ3n) is 9.53. The van der Waals surface area contributed by atoms with Crippen LogP contribution < -0.4 is 0 Å². The van der Waals surface area contributed by atoms with Gasteiger partial charge in [-0.2, -0.15) is 10.5 Å². The lowest BCUT2D eigenvalue weighted by atomic mass is 9.95. The number of hydrogen-bond acceptors (Lipinski definition) is 3. The molecule has 2 heterocycles. The number of aromatic nitrogens is 2. The van der Waals surface area contributed by atoms with Crippen molar-refractivity contribution in [1.29, 1.82) is 10.5 Å². The van der Waals surface area contributed by atoms with Crippen molar-refractivity contribution in [2.75, 3.05) is 0 Å². The molecule has 0 saturated heterocycles. The molecule has 9 aromatic rings. The lowest BCUT2D eigenvalue weighted by Crippen LogP contribution is -2.00. The van der Waals surface area contributed by atoms with Crippen LogP contribution in [0.25, 0.3) is 77.2 Å². The number of nitrogens with zero attached hydrogens (tertiary/aromatic N) is 4. The number of rotatable bonds is 4. The number of phenolic OH excluding ortho intramolecular Hbond substituents is 1. The van der Waals surface area contributed by atoms with Gasteiger partial charge in [0.2, 0.25) is 0 Å². The summed E-state index contributed by atoms with van der Waals surface area (Å²) in [6.45, 7) is 0. The van der Waals surface area contributed by atoms with E-state index in [2.05, 4.69) is 69.8 Å². The molecule has 7 aromatic carbocycles. The van der Waals surface area contributed by atoms with Gasteiger partial charge in [0, 0.05) is 32.7 Å². The summed E-state index contributed by atoms with van der Waals surface area (Å²) >= 11 is 0. The van der Waals surface area contributed by atoms with E-state index in [1.54, 1.807) is 6.07 Å². The maximum Gasteiger partial charge on any atom is 0.124 e. The van der Waals surface area contributed by atoms with E-state index in [0.717, 1.165) is 66.0 Å². The van der Waals surface area contributed by atoms with Gasteiger partial charge in [0.05, 0.1) is 50.6 Å². The SMILES string of the molecule is N#Cc1ccc2c(c1)c1ccccc1n2-c1ccccc1-c1ccc(-c2c(O)ccc(-n3c4ccccc4c4ccccc43)c2C#N)cc1. The van der Waals surface area contributed by atoms with Gasteiger partial charge in [-0.3, -0.25) is 0 Å². The Kier molecular flexibility index (Phi) is 6.34. The maximum absolute atomic E-state index is 11.2. The summed E-state index contributed by atoms with van der Waals surface area (Å²) in [6.07, 6.45) is 0. The molecule has 0 atom stereocenters. The molecule has 0 amide bonds. The van der Waals surface area contributed by atoms with E-state index in [1.165, 1.54) is 0 Å². The van der Waals surface area contributed by atoms with E-state index in [4.69, 9.17) is 0 Å². The summed E-state index contributed by atoms with van der Waals surface area (Å²) in [4.78, 5) is 0. The molecule has 0 fully saturated rings. The highest BCUT2D eigenvalue weighted by Crippen LogP contribution is 2.41. The van der Waals surface area contributed by atoms with Gasteiger partial charge in [0.25, 0.3) is 0 Å². The van der Waals surface area contributed by atoms with E-state index in [-0.39, 0.29) is 5.75 Å². The van der Waals surface area contributed by atoms with Crippen LogP contribution >= 0.6 is 0 Å². The zero-order chi connectivity index (χ0) is 33.1. The van der Waals surface area contributed by atoms with Gasteiger partial charge in [-0.05, 0) is 65.7 Å². The van der Waals surface area contributed by atoms with E-state index < -0.39 is 0 Å². The summed E-state index contributed by atoms with van der Waals surface area (Å²) < 4.78 is 4.37. The van der Waals surface area contributed by atoms with Crippen LogP contribution in [-0.4, -0.2) is 14.2 Å². The first-order valence-corrected chi connectivity index (χ1v) is 16.0. The highest BCUT2D eigenvalue weighted by molar-refractivity contribution is 6.11. The smallest absolute Gasteiger partial charge is 0.124 e. The van der Waals surface area contributed by atoms with Gasteiger partial charge < -0.3 is 14.2 Å². The Hall–Kier alpha value is -7.08. The molecule has 0 saturated carbocycles. The van der Waals surface area contributed by atoms with Crippen molar-refractivity contribution in [2.45, 2.75) is 0 Å². The number of hydrogen-bond donors (Lipinski definition) is 1. The number of benzene rings is 7. The third-order valence-corrected chi connectivity index (χ3v) is 9.53. The molecule has 2 aromatic heterocycles. The first-order valence-electron chi connectivity index (χ1n) is 16.0. The molecule has 0 aliphatic rings. The Morgan fingerprint density at radius 2 is 0.980 bits per heavy atom. The number of fused-ring (bicyclic) bond motifs is 6. The second-order valence-corrected chi connectivity index (χ2v) is 12.1. The van der Waals surface area contributed by atoms with E-state index >= 15 is 0 Å². The van der Waals surface area contributed by atoms with Gasteiger partial charge in [-0.15, -0.1) is 0 Å². The molecule has 228 valence electrons. The molecular formula is C44H26N4O. The summed E-state index contributed by atoms with van der Waals surface area (Å²) in [7, 11) is 0.